The lowest BCUT2D eigenvalue weighted by Crippen LogP contribution is -2.05. The van der Waals surface area contributed by atoms with E-state index in [1.165, 1.54) is 7.11 Å². The second kappa shape index (κ2) is 9.46. The van der Waals surface area contributed by atoms with Gasteiger partial charge in [0.2, 0.25) is 0 Å². The number of fused-ring (bicyclic) bond motifs is 1. The second-order valence-corrected chi connectivity index (χ2v) is 7.82. The van der Waals surface area contributed by atoms with Crippen molar-refractivity contribution in [3.8, 4) is 17.1 Å². The fourth-order valence-corrected chi connectivity index (χ4v) is 3.89. The highest BCUT2D eigenvalue weighted by Crippen LogP contribution is 2.29. The Morgan fingerprint density at radius 1 is 1.12 bits per heavy atom. The zero-order valence-electron chi connectivity index (χ0n) is 18.8. The van der Waals surface area contributed by atoms with Crippen molar-refractivity contribution in [2.24, 2.45) is 7.05 Å². The number of ether oxygens (including phenoxy) is 2. The van der Waals surface area contributed by atoms with Crippen LogP contribution in [0.3, 0.4) is 0 Å². The molecule has 1 N–H and O–H groups in total. The van der Waals surface area contributed by atoms with E-state index in [0.717, 1.165) is 34.3 Å². The maximum Gasteiger partial charge on any atom is 0.337 e. The van der Waals surface area contributed by atoms with E-state index in [9.17, 15) is 4.79 Å². The summed E-state index contributed by atoms with van der Waals surface area (Å²) >= 11 is 6.28. The molecule has 4 aromatic rings. The van der Waals surface area contributed by atoms with Gasteiger partial charge in [-0.25, -0.2) is 19.4 Å². The van der Waals surface area contributed by atoms with Gasteiger partial charge in [-0.15, -0.1) is 0 Å². The summed E-state index contributed by atoms with van der Waals surface area (Å²) in [4.78, 5) is 21.3. The van der Waals surface area contributed by atoms with E-state index in [1.54, 1.807) is 36.1 Å². The van der Waals surface area contributed by atoms with Crippen LogP contribution in [0, 0.1) is 0 Å². The van der Waals surface area contributed by atoms with Crippen LogP contribution in [-0.2, 0) is 24.8 Å². The van der Waals surface area contributed by atoms with Gasteiger partial charge in [-0.05, 0) is 36.2 Å². The van der Waals surface area contributed by atoms with Gasteiger partial charge >= 0.3 is 5.97 Å². The third-order valence-electron chi connectivity index (χ3n) is 5.33. The molecule has 0 radical (unpaired) electrons. The summed E-state index contributed by atoms with van der Waals surface area (Å²) in [6, 6.07) is 12.7. The molecule has 2 heterocycles. The van der Waals surface area contributed by atoms with E-state index in [1.807, 2.05) is 32.2 Å². The number of nitrogens with one attached hydrogen (secondary N) is 1. The van der Waals surface area contributed by atoms with Crippen LogP contribution in [0.5, 0.6) is 5.75 Å². The molecule has 0 aliphatic heterocycles. The summed E-state index contributed by atoms with van der Waals surface area (Å²) in [6.45, 7) is 2.56. The van der Waals surface area contributed by atoms with Crippen molar-refractivity contribution >= 4 is 34.4 Å². The molecule has 0 saturated heterocycles. The average Bonchev–Trinajstić information content (AvgIpc) is 3.18. The van der Waals surface area contributed by atoms with Crippen LogP contribution in [0.1, 0.15) is 28.5 Å². The molecule has 2 aromatic carbocycles. The van der Waals surface area contributed by atoms with E-state index in [0.29, 0.717) is 34.5 Å². The molecule has 0 aliphatic carbocycles. The number of aromatic nitrogens is 4. The van der Waals surface area contributed by atoms with E-state index in [4.69, 9.17) is 31.0 Å². The first-order chi connectivity index (χ1) is 15.9. The van der Waals surface area contributed by atoms with Crippen LogP contribution in [0.2, 0.25) is 5.02 Å². The van der Waals surface area contributed by atoms with Gasteiger partial charge < -0.3 is 14.8 Å². The Balaban J connectivity index is 1.74. The molecule has 0 bridgehead atoms. The highest BCUT2D eigenvalue weighted by Gasteiger charge is 2.18. The Kier molecular flexibility index (Phi) is 6.46. The lowest BCUT2D eigenvalue weighted by molar-refractivity contribution is 0.0600. The van der Waals surface area contributed by atoms with E-state index in [2.05, 4.69) is 10.4 Å². The Bertz CT molecular complexity index is 1320. The van der Waals surface area contributed by atoms with Gasteiger partial charge in [0.05, 0.1) is 35.9 Å². The fourth-order valence-electron chi connectivity index (χ4n) is 3.61. The largest absolute Gasteiger partial charge is 0.495 e. The lowest BCUT2D eigenvalue weighted by Gasteiger charge is -2.11. The maximum atomic E-state index is 11.8. The molecule has 4 rings (SSSR count). The topological polar surface area (TPSA) is 91.2 Å². The van der Waals surface area contributed by atoms with Gasteiger partial charge in [0, 0.05) is 19.2 Å². The highest BCUT2D eigenvalue weighted by atomic mass is 35.5. The molecular weight excluding hydrogens is 442 g/mol. The van der Waals surface area contributed by atoms with Crippen LogP contribution >= 0.6 is 11.6 Å². The predicted molar refractivity (Wildman–Crippen MR) is 128 cm³/mol. The average molecular weight is 466 g/mol. The number of halogens is 1. The zero-order valence-corrected chi connectivity index (χ0v) is 19.6. The molecule has 0 atom stereocenters. The quantitative estimate of drug-likeness (QED) is 0.397. The van der Waals surface area contributed by atoms with Gasteiger partial charge in [0.15, 0.2) is 11.5 Å². The molecule has 9 heteroatoms. The summed E-state index contributed by atoms with van der Waals surface area (Å²) in [5.74, 6) is 1.45. The van der Waals surface area contributed by atoms with Crippen molar-refractivity contribution in [2.45, 2.75) is 19.9 Å². The van der Waals surface area contributed by atoms with Gasteiger partial charge in [-0.3, -0.25) is 0 Å². The minimum atomic E-state index is -0.391. The smallest absolute Gasteiger partial charge is 0.337 e. The van der Waals surface area contributed by atoms with E-state index >= 15 is 0 Å². The predicted octanol–water partition coefficient (Wildman–Crippen LogP) is 4.65. The van der Waals surface area contributed by atoms with Gasteiger partial charge in [0.1, 0.15) is 11.6 Å². The summed E-state index contributed by atoms with van der Waals surface area (Å²) in [7, 11) is 4.81. The Morgan fingerprint density at radius 3 is 2.52 bits per heavy atom. The molecule has 0 unspecified atom stereocenters. The monoisotopic (exact) mass is 465 g/mol. The number of nitrogens with zero attached hydrogens (tertiary/aromatic N) is 4. The number of hydrogen-bond donors (Lipinski definition) is 1. The lowest BCUT2D eigenvalue weighted by atomic mass is 10.1. The van der Waals surface area contributed by atoms with Gasteiger partial charge in [-0.1, -0.05) is 36.7 Å². The highest BCUT2D eigenvalue weighted by molar-refractivity contribution is 6.32. The van der Waals surface area contributed by atoms with Crippen molar-refractivity contribution in [1.82, 2.24) is 19.7 Å². The minimum Gasteiger partial charge on any atom is -0.495 e. The normalized spacial score (nSPS) is 10.9. The van der Waals surface area contributed by atoms with Crippen LogP contribution in [0.4, 0.5) is 5.82 Å². The van der Waals surface area contributed by atoms with Crippen LogP contribution in [0.15, 0.2) is 42.5 Å². The van der Waals surface area contributed by atoms with Gasteiger partial charge in [0.25, 0.3) is 0 Å². The van der Waals surface area contributed by atoms with E-state index in [-0.39, 0.29) is 0 Å². The first-order valence-corrected chi connectivity index (χ1v) is 10.8. The Hall–Kier alpha value is -3.65. The molecule has 33 heavy (non-hydrogen) atoms. The third-order valence-corrected chi connectivity index (χ3v) is 5.63. The summed E-state index contributed by atoms with van der Waals surface area (Å²) in [5.41, 5.74) is 3.86. The second-order valence-electron chi connectivity index (χ2n) is 7.41. The SMILES string of the molecule is CCc1nn(C)c2nc(-c3ccc(C(=O)OC)cc3)nc(NCc3ccc(OC)c(Cl)c3)c12. The summed E-state index contributed by atoms with van der Waals surface area (Å²) in [6.07, 6.45) is 0.747. The number of rotatable bonds is 7. The van der Waals surface area contributed by atoms with Crippen LogP contribution in [0.25, 0.3) is 22.4 Å². The number of methoxy groups -OCH3 is 2. The molecule has 0 amide bonds. The first-order valence-electron chi connectivity index (χ1n) is 10.4. The molecule has 2 aromatic heterocycles. The van der Waals surface area contributed by atoms with Gasteiger partial charge in [-0.2, -0.15) is 5.10 Å². The molecule has 0 fully saturated rings. The van der Waals surface area contributed by atoms with Crippen LogP contribution in [-0.4, -0.2) is 39.9 Å². The first kappa shape index (κ1) is 22.5. The summed E-state index contributed by atoms with van der Waals surface area (Å²) < 4.78 is 11.8. The number of carbonyl (C=O) groups is 1. The number of carbonyl (C=O) groups excluding carboxylic acids is 1. The molecule has 8 nitrogen and oxygen atoms in total. The molecule has 0 saturated carbocycles. The number of benzene rings is 2. The molecule has 170 valence electrons. The van der Waals surface area contributed by atoms with Crippen molar-refractivity contribution in [1.29, 1.82) is 0 Å². The number of hydrogen-bond acceptors (Lipinski definition) is 7. The van der Waals surface area contributed by atoms with Crippen LogP contribution < -0.4 is 10.1 Å². The van der Waals surface area contributed by atoms with Crippen molar-refractivity contribution in [2.75, 3.05) is 19.5 Å². The molecule has 0 aliphatic rings. The number of anilines is 1. The standard InChI is InChI=1S/C24H24ClN5O3/c1-5-18-20-22(26-13-14-6-11-19(32-3)17(25)12-14)27-21(28-23(20)30(2)29-18)15-7-9-16(10-8-15)24(31)33-4/h6-12H,5,13H2,1-4H3,(H,26,27,28). The van der Waals surface area contributed by atoms with E-state index < -0.39 is 5.97 Å². The molecule has 0 spiro atoms. The van der Waals surface area contributed by atoms with Crippen molar-refractivity contribution < 1.29 is 14.3 Å². The summed E-state index contributed by atoms with van der Waals surface area (Å²) in [5, 5.41) is 9.48. The maximum absolute atomic E-state index is 11.8. The van der Waals surface area contributed by atoms with Crippen molar-refractivity contribution in [3.05, 3.63) is 64.3 Å². The third kappa shape index (κ3) is 4.47. The Morgan fingerprint density at radius 2 is 1.88 bits per heavy atom. The fraction of sp³-hybridized carbons (Fsp3) is 0.250. The number of esters is 1. The van der Waals surface area contributed by atoms with Crippen molar-refractivity contribution in [3.63, 3.8) is 0 Å². The number of aryl methyl sites for hydroxylation is 2. The Labute approximate surface area is 196 Å². The molecular formula is C24H24ClN5O3. The minimum absolute atomic E-state index is 0.391. The zero-order chi connectivity index (χ0) is 23.5.